The average molecular weight is 272 g/mol. The lowest BCUT2D eigenvalue weighted by Crippen LogP contribution is -2.37. The molecular weight excluding hydrogens is 253 g/mol. The first-order valence-corrected chi connectivity index (χ1v) is 6.70. The molecule has 1 fully saturated rings. The van der Waals surface area contributed by atoms with Crippen molar-refractivity contribution in [1.82, 2.24) is 5.32 Å². The van der Waals surface area contributed by atoms with Crippen molar-refractivity contribution in [1.29, 1.82) is 0 Å². The van der Waals surface area contributed by atoms with Gasteiger partial charge in [-0.05, 0) is 32.7 Å². The molecule has 2 unspecified atom stereocenters. The van der Waals surface area contributed by atoms with Crippen LogP contribution in [-0.4, -0.2) is 18.6 Å². The van der Waals surface area contributed by atoms with Crippen molar-refractivity contribution in [2.45, 2.75) is 44.7 Å². The smallest absolute Gasteiger partial charge is 0.161 e. The molecule has 1 aliphatic rings. The molecule has 0 saturated carbocycles. The first-order chi connectivity index (χ1) is 9.06. The summed E-state index contributed by atoms with van der Waals surface area (Å²) in [6, 6.07) is 1.85. The van der Waals surface area contributed by atoms with E-state index in [1.54, 1.807) is 0 Å². The van der Waals surface area contributed by atoms with E-state index in [1.807, 2.05) is 6.92 Å². The van der Waals surface area contributed by atoms with Crippen molar-refractivity contribution in [3.05, 3.63) is 29.6 Å². The van der Waals surface area contributed by atoms with E-state index in [1.165, 1.54) is 12.8 Å². The quantitative estimate of drug-likeness (QED) is 0.820. The van der Waals surface area contributed by atoms with Gasteiger partial charge in [-0.2, -0.15) is 0 Å². The Morgan fingerprint density at radius 1 is 1.21 bits per heavy atom. The number of halogens is 3. The second-order valence-electron chi connectivity index (χ2n) is 5.17. The topological polar surface area (TPSA) is 24.1 Å². The molecule has 2 N–H and O–H groups in total. The summed E-state index contributed by atoms with van der Waals surface area (Å²) in [5.41, 5.74) is 0.0159. The molecule has 1 aromatic rings. The minimum atomic E-state index is -1.16. The summed E-state index contributed by atoms with van der Waals surface area (Å²) in [5, 5.41) is 6.31. The fraction of sp³-hybridized carbons (Fsp3) is 0.571. The van der Waals surface area contributed by atoms with Crippen LogP contribution < -0.4 is 10.6 Å². The van der Waals surface area contributed by atoms with Crippen molar-refractivity contribution >= 4 is 5.69 Å². The molecule has 5 heteroatoms. The van der Waals surface area contributed by atoms with Crippen molar-refractivity contribution in [3.8, 4) is 0 Å². The molecule has 0 bridgehead atoms. The Morgan fingerprint density at radius 3 is 2.63 bits per heavy atom. The molecule has 0 amide bonds. The third kappa shape index (κ3) is 3.86. The number of anilines is 1. The Morgan fingerprint density at radius 2 is 1.95 bits per heavy atom. The maximum Gasteiger partial charge on any atom is 0.161 e. The fourth-order valence-electron chi connectivity index (χ4n) is 2.51. The zero-order valence-corrected chi connectivity index (χ0v) is 11.0. The highest BCUT2D eigenvalue weighted by Crippen LogP contribution is 2.21. The molecule has 106 valence electrons. The summed E-state index contributed by atoms with van der Waals surface area (Å²) in [5.74, 6) is -2.96. The Bertz CT molecular complexity index is 431. The predicted molar refractivity (Wildman–Crippen MR) is 69.7 cm³/mol. The summed E-state index contributed by atoms with van der Waals surface area (Å²) >= 11 is 0. The van der Waals surface area contributed by atoms with Crippen molar-refractivity contribution in [3.63, 3.8) is 0 Å². The third-order valence-electron chi connectivity index (χ3n) is 3.46. The molecule has 1 aromatic carbocycles. The van der Waals surface area contributed by atoms with Crippen LogP contribution in [0, 0.1) is 17.5 Å². The molecular formula is C14H19F3N2. The number of rotatable bonds is 4. The van der Waals surface area contributed by atoms with Crippen LogP contribution in [0.5, 0.6) is 0 Å². The first kappa shape index (κ1) is 14.2. The highest BCUT2D eigenvalue weighted by molar-refractivity contribution is 5.46. The fourth-order valence-corrected chi connectivity index (χ4v) is 2.51. The first-order valence-electron chi connectivity index (χ1n) is 6.70. The van der Waals surface area contributed by atoms with Crippen LogP contribution in [0.3, 0.4) is 0 Å². The zero-order chi connectivity index (χ0) is 13.8. The summed E-state index contributed by atoms with van der Waals surface area (Å²) in [6.07, 6.45) is 4.32. The molecule has 0 aliphatic carbocycles. The second-order valence-corrected chi connectivity index (χ2v) is 5.17. The lowest BCUT2D eigenvalue weighted by molar-refractivity contribution is 0.371. The van der Waals surface area contributed by atoms with Crippen LogP contribution in [-0.2, 0) is 0 Å². The highest BCUT2D eigenvalue weighted by Gasteiger charge is 2.17. The Labute approximate surface area is 111 Å². The molecule has 0 spiro atoms. The SMILES string of the molecule is CC(CC1CCCCN1)Nc1cc(F)c(F)cc1F. The number of hydrogen-bond donors (Lipinski definition) is 2. The summed E-state index contributed by atoms with van der Waals surface area (Å²) in [4.78, 5) is 0. The lowest BCUT2D eigenvalue weighted by Gasteiger charge is -2.27. The summed E-state index contributed by atoms with van der Waals surface area (Å²) in [6.45, 7) is 2.92. The van der Waals surface area contributed by atoms with E-state index in [-0.39, 0.29) is 11.7 Å². The number of benzene rings is 1. The minimum Gasteiger partial charge on any atom is -0.380 e. The zero-order valence-electron chi connectivity index (χ0n) is 11.0. The summed E-state index contributed by atoms with van der Waals surface area (Å²) < 4.78 is 39.4. The van der Waals surface area contributed by atoms with Gasteiger partial charge in [0.1, 0.15) is 5.82 Å². The van der Waals surface area contributed by atoms with Gasteiger partial charge in [-0.3, -0.25) is 0 Å². The standard InChI is InChI=1S/C14H19F3N2/c1-9(6-10-4-2-3-5-18-10)19-14-8-12(16)11(15)7-13(14)17/h7-10,18-19H,2-6H2,1H3. The number of hydrogen-bond acceptors (Lipinski definition) is 2. The van der Waals surface area contributed by atoms with Gasteiger partial charge in [0.15, 0.2) is 11.6 Å². The van der Waals surface area contributed by atoms with Crippen LogP contribution in [0.25, 0.3) is 0 Å². The lowest BCUT2D eigenvalue weighted by atomic mass is 9.98. The largest absolute Gasteiger partial charge is 0.380 e. The minimum absolute atomic E-state index is 0.00467. The molecule has 2 rings (SSSR count). The number of piperidine rings is 1. The third-order valence-corrected chi connectivity index (χ3v) is 3.46. The van der Waals surface area contributed by atoms with Crippen molar-refractivity contribution in [2.24, 2.45) is 0 Å². The van der Waals surface area contributed by atoms with Gasteiger partial charge in [-0.1, -0.05) is 6.42 Å². The molecule has 2 atom stereocenters. The molecule has 1 saturated heterocycles. The van der Waals surface area contributed by atoms with Gasteiger partial charge in [0.05, 0.1) is 5.69 Å². The van der Waals surface area contributed by atoms with Gasteiger partial charge in [-0.25, -0.2) is 13.2 Å². The number of nitrogens with one attached hydrogen (secondary N) is 2. The normalized spacial score (nSPS) is 21.2. The van der Waals surface area contributed by atoms with E-state index in [4.69, 9.17) is 0 Å². The second kappa shape index (κ2) is 6.28. The van der Waals surface area contributed by atoms with Crippen molar-refractivity contribution < 1.29 is 13.2 Å². The van der Waals surface area contributed by atoms with Gasteiger partial charge < -0.3 is 10.6 Å². The van der Waals surface area contributed by atoms with Crippen molar-refractivity contribution in [2.75, 3.05) is 11.9 Å². The maximum atomic E-state index is 13.5. The molecule has 1 heterocycles. The average Bonchev–Trinajstić information content (AvgIpc) is 2.37. The predicted octanol–water partition coefficient (Wildman–Crippen LogP) is 3.44. The monoisotopic (exact) mass is 272 g/mol. The van der Waals surface area contributed by atoms with E-state index in [0.717, 1.165) is 25.5 Å². The van der Waals surface area contributed by atoms with E-state index >= 15 is 0 Å². The molecule has 0 radical (unpaired) electrons. The van der Waals surface area contributed by atoms with Gasteiger partial charge in [0.25, 0.3) is 0 Å². The van der Waals surface area contributed by atoms with Crippen LogP contribution in [0.1, 0.15) is 32.6 Å². The molecule has 19 heavy (non-hydrogen) atoms. The van der Waals surface area contributed by atoms with E-state index in [9.17, 15) is 13.2 Å². The van der Waals surface area contributed by atoms with Gasteiger partial charge in [-0.15, -0.1) is 0 Å². The Hall–Kier alpha value is -1.23. The molecule has 0 aromatic heterocycles. The van der Waals surface area contributed by atoms with E-state index in [0.29, 0.717) is 12.1 Å². The highest BCUT2D eigenvalue weighted by atomic mass is 19.2. The van der Waals surface area contributed by atoms with Crippen LogP contribution >= 0.6 is 0 Å². The Kier molecular flexibility index (Phi) is 4.69. The van der Waals surface area contributed by atoms with Crippen LogP contribution in [0.15, 0.2) is 12.1 Å². The Balaban J connectivity index is 1.94. The maximum absolute atomic E-state index is 13.5. The van der Waals surface area contributed by atoms with Gasteiger partial charge >= 0.3 is 0 Å². The molecule has 2 nitrogen and oxygen atoms in total. The van der Waals surface area contributed by atoms with Gasteiger partial charge in [0.2, 0.25) is 0 Å². The van der Waals surface area contributed by atoms with Crippen LogP contribution in [0.4, 0.5) is 18.9 Å². The van der Waals surface area contributed by atoms with E-state index < -0.39 is 17.5 Å². The summed E-state index contributed by atoms with van der Waals surface area (Å²) in [7, 11) is 0. The van der Waals surface area contributed by atoms with Crippen LogP contribution in [0.2, 0.25) is 0 Å². The van der Waals surface area contributed by atoms with Gasteiger partial charge in [0, 0.05) is 24.2 Å². The van der Waals surface area contributed by atoms with E-state index in [2.05, 4.69) is 10.6 Å². The molecule has 1 aliphatic heterocycles.